The van der Waals surface area contributed by atoms with Crippen LogP contribution in [0.25, 0.3) is 0 Å². The second-order valence-electron chi connectivity index (χ2n) is 5.80. The van der Waals surface area contributed by atoms with Gasteiger partial charge in [-0.15, -0.1) is 0 Å². The van der Waals surface area contributed by atoms with Crippen molar-refractivity contribution in [3.8, 4) is 0 Å². The van der Waals surface area contributed by atoms with Crippen LogP contribution in [0.2, 0.25) is 10.0 Å². The SMILES string of the molecule is O=C(C1CCCC1)N1CCOC(c2ccc(Cl)c(Cl)c2)C1. The number of carbonyl (C=O) groups is 1. The standard InChI is InChI=1S/C16H19Cl2NO2/c17-13-6-5-12(9-14(13)18)15-10-19(7-8-21-15)16(20)11-3-1-2-4-11/h5-6,9,11,15H,1-4,7-8,10H2. The molecule has 1 saturated heterocycles. The number of halogens is 2. The summed E-state index contributed by atoms with van der Waals surface area (Å²) >= 11 is 12.0. The third kappa shape index (κ3) is 3.36. The first-order chi connectivity index (χ1) is 10.1. The molecule has 0 spiro atoms. The lowest BCUT2D eigenvalue weighted by molar-refractivity contribution is -0.143. The number of hydrogen-bond donors (Lipinski definition) is 0. The number of nitrogens with zero attached hydrogens (tertiary/aromatic N) is 1. The average Bonchev–Trinajstić information content (AvgIpc) is 3.04. The van der Waals surface area contributed by atoms with Crippen molar-refractivity contribution >= 4 is 29.1 Å². The van der Waals surface area contributed by atoms with Gasteiger partial charge in [0.25, 0.3) is 0 Å². The summed E-state index contributed by atoms with van der Waals surface area (Å²) in [5.41, 5.74) is 0.980. The van der Waals surface area contributed by atoms with Crippen molar-refractivity contribution in [2.24, 2.45) is 5.92 Å². The molecule has 3 rings (SSSR count). The van der Waals surface area contributed by atoms with Crippen LogP contribution in [0.4, 0.5) is 0 Å². The van der Waals surface area contributed by atoms with E-state index < -0.39 is 0 Å². The van der Waals surface area contributed by atoms with Gasteiger partial charge < -0.3 is 9.64 Å². The molecule has 0 N–H and O–H groups in total. The Morgan fingerprint density at radius 1 is 1.19 bits per heavy atom. The summed E-state index contributed by atoms with van der Waals surface area (Å²) in [5, 5.41) is 1.06. The van der Waals surface area contributed by atoms with Gasteiger partial charge >= 0.3 is 0 Å². The Morgan fingerprint density at radius 2 is 1.95 bits per heavy atom. The summed E-state index contributed by atoms with van der Waals surface area (Å²) in [6.45, 7) is 1.86. The summed E-state index contributed by atoms with van der Waals surface area (Å²) in [4.78, 5) is 14.5. The van der Waals surface area contributed by atoms with E-state index in [-0.39, 0.29) is 12.0 Å². The van der Waals surface area contributed by atoms with Crippen molar-refractivity contribution in [2.45, 2.75) is 31.8 Å². The van der Waals surface area contributed by atoms with E-state index in [1.807, 2.05) is 17.0 Å². The van der Waals surface area contributed by atoms with Gasteiger partial charge in [-0.25, -0.2) is 0 Å². The number of morpholine rings is 1. The number of hydrogen-bond acceptors (Lipinski definition) is 2. The molecule has 1 amide bonds. The Labute approximate surface area is 135 Å². The predicted molar refractivity (Wildman–Crippen MR) is 83.7 cm³/mol. The molecule has 3 nitrogen and oxygen atoms in total. The van der Waals surface area contributed by atoms with Gasteiger partial charge in [-0.3, -0.25) is 4.79 Å². The van der Waals surface area contributed by atoms with Crippen LogP contribution in [0.1, 0.15) is 37.4 Å². The highest BCUT2D eigenvalue weighted by Gasteiger charge is 2.31. The van der Waals surface area contributed by atoms with Crippen LogP contribution in [0.15, 0.2) is 18.2 Å². The van der Waals surface area contributed by atoms with E-state index in [1.165, 1.54) is 12.8 Å². The molecular formula is C16H19Cl2NO2. The van der Waals surface area contributed by atoms with Crippen molar-refractivity contribution < 1.29 is 9.53 Å². The van der Waals surface area contributed by atoms with Crippen molar-refractivity contribution in [3.63, 3.8) is 0 Å². The fraction of sp³-hybridized carbons (Fsp3) is 0.562. The van der Waals surface area contributed by atoms with Crippen LogP contribution in [0.3, 0.4) is 0 Å². The Balaban J connectivity index is 1.70. The minimum atomic E-state index is -0.112. The van der Waals surface area contributed by atoms with Gasteiger partial charge in [0.05, 0.1) is 23.2 Å². The van der Waals surface area contributed by atoms with Gasteiger partial charge in [0.1, 0.15) is 6.10 Å². The molecule has 114 valence electrons. The van der Waals surface area contributed by atoms with Gasteiger partial charge in [0, 0.05) is 12.5 Å². The molecular weight excluding hydrogens is 309 g/mol. The molecule has 0 bridgehead atoms. The topological polar surface area (TPSA) is 29.5 Å². The Hall–Kier alpha value is -0.770. The minimum Gasteiger partial charge on any atom is -0.370 e. The number of carbonyl (C=O) groups excluding carboxylic acids is 1. The van der Waals surface area contributed by atoms with Crippen LogP contribution in [-0.4, -0.2) is 30.5 Å². The third-order valence-electron chi connectivity index (χ3n) is 4.40. The third-order valence-corrected chi connectivity index (χ3v) is 5.14. The van der Waals surface area contributed by atoms with Gasteiger partial charge in [0.15, 0.2) is 0 Å². The number of benzene rings is 1. The van der Waals surface area contributed by atoms with E-state index in [4.69, 9.17) is 27.9 Å². The molecule has 2 fully saturated rings. The summed E-state index contributed by atoms with van der Waals surface area (Å²) in [6, 6.07) is 5.53. The van der Waals surface area contributed by atoms with E-state index in [1.54, 1.807) is 6.07 Å². The Morgan fingerprint density at radius 3 is 2.67 bits per heavy atom. The normalized spacial score (nSPS) is 23.5. The minimum absolute atomic E-state index is 0.112. The molecule has 1 aromatic carbocycles. The van der Waals surface area contributed by atoms with Crippen LogP contribution in [-0.2, 0) is 9.53 Å². The van der Waals surface area contributed by atoms with E-state index in [0.29, 0.717) is 35.6 Å². The van der Waals surface area contributed by atoms with Crippen LogP contribution in [0, 0.1) is 5.92 Å². The maximum atomic E-state index is 12.5. The number of ether oxygens (including phenoxy) is 1. The smallest absolute Gasteiger partial charge is 0.225 e. The zero-order chi connectivity index (χ0) is 14.8. The van der Waals surface area contributed by atoms with Gasteiger partial charge in [-0.2, -0.15) is 0 Å². The zero-order valence-corrected chi connectivity index (χ0v) is 13.4. The van der Waals surface area contributed by atoms with Gasteiger partial charge in [-0.1, -0.05) is 42.1 Å². The summed E-state index contributed by atoms with van der Waals surface area (Å²) < 4.78 is 5.81. The van der Waals surface area contributed by atoms with E-state index >= 15 is 0 Å². The van der Waals surface area contributed by atoms with E-state index in [0.717, 1.165) is 18.4 Å². The Kier molecular flexibility index (Phi) is 4.72. The predicted octanol–water partition coefficient (Wildman–Crippen LogP) is 4.08. The van der Waals surface area contributed by atoms with Crippen molar-refractivity contribution in [1.29, 1.82) is 0 Å². The molecule has 0 aromatic heterocycles. The molecule has 1 unspecified atom stereocenters. The highest BCUT2D eigenvalue weighted by Crippen LogP contribution is 2.31. The van der Waals surface area contributed by atoms with Crippen LogP contribution >= 0.6 is 23.2 Å². The lowest BCUT2D eigenvalue weighted by atomic mass is 10.0. The molecule has 2 aliphatic rings. The molecule has 5 heteroatoms. The van der Waals surface area contributed by atoms with Crippen molar-refractivity contribution in [1.82, 2.24) is 4.90 Å². The van der Waals surface area contributed by atoms with E-state index in [2.05, 4.69) is 0 Å². The molecule has 1 atom stereocenters. The molecule has 1 aliphatic carbocycles. The zero-order valence-electron chi connectivity index (χ0n) is 11.9. The summed E-state index contributed by atoms with van der Waals surface area (Å²) in [7, 11) is 0. The molecule has 0 radical (unpaired) electrons. The molecule has 1 aromatic rings. The Bertz CT molecular complexity index is 529. The van der Waals surface area contributed by atoms with Gasteiger partial charge in [0.2, 0.25) is 5.91 Å². The maximum absolute atomic E-state index is 12.5. The van der Waals surface area contributed by atoms with Gasteiger partial charge in [-0.05, 0) is 30.5 Å². The molecule has 1 aliphatic heterocycles. The summed E-state index contributed by atoms with van der Waals surface area (Å²) in [6.07, 6.45) is 4.31. The molecule has 1 heterocycles. The highest BCUT2D eigenvalue weighted by atomic mass is 35.5. The fourth-order valence-corrected chi connectivity index (χ4v) is 3.50. The first kappa shape index (κ1) is 15.1. The largest absolute Gasteiger partial charge is 0.370 e. The van der Waals surface area contributed by atoms with Crippen molar-refractivity contribution in [2.75, 3.05) is 19.7 Å². The highest BCUT2D eigenvalue weighted by molar-refractivity contribution is 6.42. The molecule has 21 heavy (non-hydrogen) atoms. The monoisotopic (exact) mass is 327 g/mol. The second kappa shape index (κ2) is 6.55. The summed E-state index contributed by atoms with van der Waals surface area (Å²) in [5.74, 6) is 0.512. The first-order valence-electron chi connectivity index (χ1n) is 7.50. The number of rotatable bonds is 2. The lowest BCUT2D eigenvalue weighted by Crippen LogP contribution is -2.44. The quantitative estimate of drug-likeness (QED) is 0.818. The van der Waals surface area contributed by atoms with Crippen LogP contribution < -0.4 is 0 Å². The van der Waals surface area contributed by atoms with E-state index in [9.17, 15) is 4.79 Å². The molecule has 1 saturated carbocycles. The average molecular weight is 328 g/mol. The maximum Gasteiger partial charge on any atom is 0.225 e. The second-order valence-corrected chi connectivity index (χ2v) is 6.61. The lowest BCUT2D eigenvalue weighted by Gasteiger charge is -2.34. The fourth-order valence-electron chi connectivity index (χ4n) is 3.19. The van der Waals surface area contributed by atoms with Crippen LogP contribution in [0.5, 0.6) is 0 Å². The first-order valence-corrected chi connectivity index (χ1v) is 8.26. The number of amides is 1. The van der Waals surface area contributed by atoms with Crippen molar-refractivity contribution in [3.05, 3.63) is 33.8 Å².